The van der Waals surface area contributed by atoms with Crippen molar-refractivity contribution in [2.24, 2.45) is 4.99 Å². The molecule has 2 heterocycles. The fourth-order valence-corrected chi connectivity index (χ4v) is 3.44. The Labute approximate surface area is 140 Å². The zero-order valence-electron chi connectivity index (χ0n) is 13.4. The Balaban J connectivity index is 2.15. The average Bonchev–Trinajstić information content (AvgIpc) is 3.18. The first kappa shape index (κ1) is 15.6. The van der Waals surface area contributed by atoms with Crippen molar-refractivity contribution in [2.75, 3.05) is 0 Å². The zero-order chi connectivity index (χ0) is 16.2. The lowest BCUT2D eigenvalue weighted by Gasteiger charge is -2.09. The van der Waals surface area contributed by atoms with Crippen molar-refractivity contribution >= 4 is 17.0 Å². The molecule has 0 aliphatic heterocycles. The number of aromatic nitrogens is 1. The second kappa shape index (κ2) is 6.84. The Morgan fingerprint density at radius 1 is 1.26 bits per heavy atom. The molecule has 1 aromatic carbocycles. The van der Waals surface area contributed by atoms with Crippen molar-refractivity contribution in [3.63, 3.8) is 0 Å². The SMILES string of the molecule is C=CCn1c(-c2ccco2)csc1=Nc1ccccc1C(C)C. The van der Waals surface area contributed by atoms with E-state index in [1.54, 1.807) is 17.6 Å². The minimum atomic E-state index is 0.437. The largest absolute Gasteiger partial charge is 0.463 e. The van der Waals surface area contributed by atoms with E-state index in [1.807, 2.05) is 24.3 Å². The van der Waals surface area contributed by atoms with Crippen LogP contribution in [0.2, 0.25) is 0 Å². The molecule has 0 amide bonds. The molecule has 0 saturated carbocycles. The van der Waals surface area contributed by atoms with Gasteiger partial charge in [0.25, 0.3) is 0 Å². The summed E-state index contributed by atoms with van der Waals surface area (Å²) in [5.41, 5.74) is 3.31. The van der Waals surface area contributed by atoms with Crippen LogP contribution in [0.1, 0.15) is 25.3 Å². The monoisotopic (exact) mass is 324 g/mol. The summed E-state index contributed by atoms with van der Waals surface area (Å²) < 4.78 is 7.67. The maximum absolute atomic E-state index is 5.54. The van der Waals surface area contributed by atoms with E-state index >= 15 is 0 Å². The van der Waals surface area contributed by atoms with Gasteiger partial charge in [-0.2, -0.15) is 0 Å². The van der Waals surface area contributed by atoms with E-state index in [0.717, 1.165) is 21.9 Å². The third-order valence-corrected chi connectivity index (χ3v) is 4.52. The summed E-state index contributed by atoms with van der Waals surface area (Å²) in [6, 6.07) is 12.2. The van der Waals surface area contributed by atoms with E-state index in [1.165, 1.54) is 5.56 Å². The highest BCUT2D eigenvalue weighted by Crippen LogP contribution is 2.26. The Morgan fingerprint density at radius 3 is 2.78 bits per heavy atom. The summed E-state index contributed by atoms with van der Waals surface area (Å²) in [4.78, 5) is 5.85. The second-order valence-electron chi connectivity index (χ2n) is 5.61. The lowest BCUT2D eigenvalue weighted by atomic mass is 10.0. The topological polar surface area (TPSA) is 30.4 Å². The fourth-order valence-electron chi connectivity index (χ4n) is 2.53. The van der Waals surface area contributed by atoms with Gasteiger partial charge in [0.15, 0.2) is 10.6 Å². The van der Waals surface area contributed by atoms with Crippen LogP contribution in [0, 0.1) is 0 Å². The molecule has 3 aromatic rings. The van der Waals surface area contributed by atoms with Gasteiger partial charge in [0.2, 0.25) is 0 Å². The maximum Gasteiger partial charge on any atom is 0.190 e. The van der Waals surface area contributed by atoms with Crippen molar-refractivity contribution in [1.82, 2.24) is 4.57 Å². The van der Waals surface area contributed by atoms with Gasteiger partial charge in [0, 0.05) is 11.9 Å². The number of para-hydroxylation sites is 1. The molecular formula is C19H20N2OS. The molecule has 0 bridgehead atoms. The van der Waals surface area contributed by atoms with Crippen LogP contribution >= 0.6 is 11.3 Å². The Hall–Kier alpha value is -2.33. The van der Waals surface area contributed by atoms with Gasteiger partial charge in [-0.05, 0) is 29.7 Å². The van der Waals surface area contributed by atoms with Gasteiger partial charge in [0.05, 0.1) is 17.6 Å². The number of hydrogen-bond donors (Lipinski definition) is 0. The normalized spacial score (nSPS) is 12.0. The Bertz CT molecular complexity index is 854. The van der Waals surface area contributed by atoms with Crippen molar-refractivity contribution in [3.8, 4) is 11.5 Å². The number of allylic oxidation sites excluding steroid dienone is 1. The van der Waals surface area contributed by atoms with Gasteiger partial charge in [-0.3, -0.25) is 0 Å². The predicted molar refractivity (Wildman–Crippen MR) is 96.0 cm³/mol. The second-order valence-corrected chi connectivity index (χ2v) is 6.44. The number of furan rings is 1. The summed E-state index contributed by atoms with van der Waals surface area (Å²) in [6.07, 6.45) is 3.57. The molecule has 0 aliphatic rings. The van der Waals surface area contributed by atoms with E-state index in [-0.39, 0.29) is 0 Å². The molecule has 0 N–H and O–H groups in total. The molecule has 23 heavy (non-hydrogen) atoms. The average molecular weight is 324 g/mol. The predicted octanol–water partition coefficient (Wildman–Crippen LogP) is 5.35. The van der Waals surface area contributed by atoms with E-state index in [9.17, 15) is 0 Å². The first-order valence-electron chi connectivity index (χ1n) is 7.67. The number of rotatable bonds is 5. The molecule has 0 aliphatic carbocycles. The van der Waals surface area contributed by atoms with Gasteiger partial charge in [-0.15, -0.1) is 17.9 Å². The van der Waals surface area contributed by atoms with Gasteiger partial charge in [-0.25, -0.2) is 4.99 Å². The molecular weight excluding hydrogens is 304 g/mol. The van der Waals surface area contributed by atoms with Crippen LogP contribution < -0.4 is 4.80 Å². The highest BCUT2D eigenvalue weighted by molar-refractivity contribution is 7.07. The molecule has 0 unspecified atom stereocenters. The molecule has 0 spiro atoms. The first-order chi connectivity index (χ1) is 11.2. The minimum absolute atomic E-state index is 0.437. The molecule has 2 aromatic heterocycles. The van der Waals surface area contributed by atoms with Crippen LogP contribution in [0.4, 0.5) is 5.69 Å². The van der Waals surface area contributed by atoms with Crippen molar-refractivity contribution < 1.29 is 4.42 Å². The molecule has 3 nitrogen and oxygen atoms in total. The summed E-state index contributed by atoms with van der Waals surface area (Å²) in [5, 5.41) is 2.08. The van der Waals surface area contributed by atoms with Crippen LogP contribution in [-0.4, -0.2) is 4.57 Å². The fraction of sp³-hybridized carbons (Fsp3) is 0.211. The standard InChI is InChI=1S/C19H20N2OS/c1-4-11-21-17(18-10-7-12-22-18)13-23-19(21)20-16-9-6-5-8-15(16)14(2)3/h4-10,12-14H,1,11H2,2-3H3. The van der Waals surface area contributed by atoms with Gasteiger partial charge in [0.1, 0.15) is 0 Å². The molecule has 118 valence electrons. The number of thiazole rings is 1. The summed E-state index contributed by atoms with van der Waals surface area (Å²) in [6.45, 7) is 8.94. The van der Waals surface area contributed by atoms with Gasteiger partial charge in [-0.1, -0.05) is 38.1 Å². The molecule has 3 rings (SSSR count). The van der Waals surface area contributed by atoms with Crippen molar-refractivity contribution in [3.05, 3.63) is 71.1 Å². The Kier molecular flexibility index (Phi) is 4.63. The summed E-state index contributed by atoms with van der Waals surface area (Å²) >= 11 is 1.62. The van der Waals surface area contributed by atoms with E-state index in [4.69, 9.17) is 9.41 Å². The third-order valence-electron chi connectivity index (χ3n) is 3.66. The van der Waals surface area contributed by atoms with Crippen LogP contribution in [-0.2, 0) is 6.54 Å². The van der Waals surface area contributed by atoms with E-state index in [2.05, 4.69) is 48.6 Å². The van der Waals surface area contributed by atoms with Crippen LogP contribution in [0.25, 0.3) is 11.5 Å². The lowest BCUT2D eigenvalue weighted by molar-refractivity contribution is 0.574. The van der Waals surface area contributed by atoms with E-state index < -0.39 is 0 Å². The van der Waals surface area contributed by atoms with Gasteiger partial charge < -0.3 is 8.98 Å². The quantitative estimate of drug-likeness (QED) is 0.582. The lowest BCUT2D eigenvalue weighted by Crippen LogP contribution is -2.14. The van der Waals surface area contributed by atoms with Crippen LogP contribution in [0.3, 0.4) is 0 Å². The summed E-state index contributed by atoms with van der Waals surface area (Å²) in [7, 11) is 0. The summed E-state index contributed by atoms with van der Waals surface area (Å²) in [5.74, 6) is 1.29. The molecule has 4 heteroatoms. The smallest absolute Gasteiger partial charge is 0.190 e. The van der Waals surface area contributed by atoms with Crippen molar-refractivity contribution in [2.45, 2.75) is 26.3 Å². The number of benzene rings is 1. The number of hydrogen-bond acceptors (Lipinski definition) is 3. The van der Waals surface area contributed by atoms with Crippen LogP contribution in [0.5, 0.6) is 0 Å². The first-order valence-corrected chi connectivity index (χ1v) is 8.55. The highest BCUT2D eigenvalue weighted by Gasteiger charge is 2.10. The highest BCUT2D eigenvalue weighted by atomic mass is 32.1. The molecule has 0 atom stereocenters. The minimum Gasteiger partial charge on any atom is -0.463 e. The maximum atomic E-state index is 5.54. The molecule has 0 fully saturated rings. The number of nitrogens with zero attached hydrogens (tertiary/aromatic N) is 2. The zero-order valence-corrected chi connectivity index (χ0v) is 14.2. The van der Waals surface area contributed by atoms with Crippen molar-refractivity contribution in [1.29, 1.82) is 0 Å². The van der Waals surface area contributed by atoms with Crippen LogP contribution in [0.15, 0.2) is 70.1 Å². The Morgan fingerprint density at radius 2 is 2.09 bits per heavy atom. The molecule has 0 radical (unpaired) electrons. The van der Waals surface area contributed by atoms with Gasteiger partial charge >= 0.3 is 0 Å². The molecule has 0 saturated heterocycles. The van der Waals surface area contributed by atoms with E-state index in [0.29, 0.717) is 12.5 Å². The third kappa shape index (κ3) is 3.22.